The molecule has 0 aromatic heterocycles. The first kappa shape index (κ1) is 8.90. The minimum absolute atomic E-state index is 0.768. The van der Waals surface area contributed by atoms with Gasteiger partial charge in [-0.1, -0.05) is 24.3 Å². The van der Waals surface area contributed by atoms with Crippen LogP contribution in [0.3, 0.4) is 0 Å². The number of hydrogen-bond donors (Lipinski definition) is 1. The number of para-hydroxylation sites is 2. The Morgan fingerprint density at radius 1 is 0.800 bits per heavy atom. The molecule has 1 heterocycles. The first-order chi connectivity index (χ1) is 7.36. The minimum atomic E-state index is -1.25. The van der Waals surface area contributed by atoms with E-state index in [2.05, 4.69) is 0 Å². The van der Waals surface area contributed by atoms with Crippen LogP contribution < -0.4 is 15.3 Å². The van der Waals surface area contributed by atoms with Crippen molar-refractivity contribution in [2.75, 3.05) is 0 Å². The molecule has 0 amide bonds. The molecule has 74 valence electrons. The van der Waals surface area contributed by atoms with Crippen molar-refractivity contribution in [2.45, 2.75) is 0 Å². The van der Waals surface area contributed by atoms with Gasteiger partial charge in [-0.2, -0.15) is 0 Å². The van der Waals surface area contributed by atoms with Crippen LogP contribution in [0, 0.1) is 0 Å². The van der Waals surface area contributed by atoms with Gasteiger partial charge >= 0.3 is 0 Å². The molecule has 2 aromatic rings. The van der Waals surface area contributed by atoms with E-state index in [0.717, 1.165) is 22.1 Å². The molecule has 1 aliphatic rings. The molecule has 1 aliphatic heterocycles. The Morgan fingerprint density at radius 3 is 1.80 bits per heavy atom. The number of rotatable bonds is 0. The van der Waals surface area contributed by atoms with E-state index in [1.54, 1.807) is 0 Å². The van der Waals surface area contributed by atoms with Crippen molar-refractivity contribution in [3.8, 4) is 11.5 Å². The summed E-state index contributed by atoms with van der Waals surface area (Å²) in [6.07, 6.45) is 0. The summed E-state index contributed by atoms with van der Waals surface area (Å²) in [7, 11) is -1.25. The normalized spacial score (nSPS) is 13.9. The van der Waals surface area contributed by atoms with Crippen LogP contribution in [0.1, 0.15) is 0 Å². The Morgan fingerprint density at radius 2 is 1.27 bits per heavy atom. The Labute approximate surface area is 89.0 Å². The van der Waals surface area contributed by atoms with Crippen LogP contribution in [-0.4, -0.2) is 4.89 Å². The van der Waals surface area contributed by atoms with Gasteiger partial charge in [-0.25, -0.2) is 0 Å². The molecule has 0 spiro atoms. The maximum atomic E-state index is 10.2. The largest absolute Gasteiger partial charge is 0.456 e. The van der Waals surface area contributed by atoms with Crippen LogP contribution in [0.2, 0.25) is 0 Å². The van der Waals surface area contributed by atoms with Crippen LogP contribution >= 0.6 is 8.15 Å². The highest BCUT2D eigenvalue weighted by molar-refractivity contribution is 7.68. The summed E-state index contributed by atoms with van der Waals surface area (Å²) in [5.41, 5.74) is 0. The summed E-state index contributed by atoms with van der Waals surface area (Å²) in [5, 5.41) is 1.79. The van der Waals surface area contributed by atoms with E-state index in [4.69, 9.17) is 4.74 Å². The highest BCUT2D eigenvalue weighted by Gasteiger charge is 2.24. The maximum absolute atomic E-state index is 10.2. The second-order valence-electron chi connectivity index (χ2n) is 3.35. The third-order valence-corrected chi connectivity index (χ3v) is 4.06. The minimum Gasteiger partial charge on any atom is -0.456 e. The third-order valence-electron chi connectivity index (χ3n) is 2.41. The predicted molar refractivity (Wildman–Crippen MR) is 61.4 cm³/mol. The molecule has 3 heteroatoms. The smallest absolute Gasteiger partial charge is 0.137 e. The summed E-state index contributed by atoms with van der Waals surface area (Å²) >= 11 is 0. The van der Waals surface area contributed by atoms with Crippen LogP contribution in [0.5, 0.6) is 11.5 Å². The standard InChI is InChI=1S/C12H9O2P/c13-15-11-7-3-1-5-9(11)14-10-6-2-4-8-12(10)15/h1-8,13H. The topological polar surface area (TPSA) is 29.5 Å². The fraction of sp³-hybridized carbons (Fsp3) is 0. The molecule has 0 fully saturated rings. The number of hydrogen-bond acceptors (Lipinski definition) is 2. The Balaban J connectivity index is 2.20. The monoisotopic (exact) mass is 216 g/mol. The molecular weight excluding hydrogens is 207 g/mol. The molecule has 0 saturated heterocycles. The fourth-order valence-corrected chi connectivity index (χ4v) is 3.06. The van der Waals surface area contributed by atoms with Gasteiger partial charge in [-0.05, 0) is 24.3 Å². The number of benzene rings is 2. The van der Waals surface area contributed by atoms with Crippen molar-refractivity contribution in [1.29, 1.82) is 0 Å². The van der Waals surface area contributed by atoms with E-state index in [1.165, 1.54) is 0 Å². The van der Waals surface area contributed by atoms with E-state index >= 15 is 0 Å². The third kappa shape index (κ3) is 1.34. The van der Waals surface area contributed by atoms with E-state index in [9.17, 15) is 4.89 Å². The van der Waals surface area contributed by atoms with E-state index in [0.29, 0.717) is 0 Å². The van der Waals surface area contributed by atoms with Crippen molar-refractivity contribution in [1.82, 2.24) is 0 Å². The quantitative estimate of drug-likeness (QED) is 0.683. The molecule has 2 aromatic carbocycles. The lowest BCUT2D eigenvalue weighted by molar-refractivity contribution is 0.485. The predicted octanol–water partition coefficient (Wildman–Crippen LogP) is 2.13. The van der Waals surface area contributed by atoms with E-state index in [-0.39, 0.29) is 0 Å². The van der Waals surface area contributed by atoms with Crippen LogP contribution in [0.25, 0.3) is 0 Å². The van der Waals surface area contributed by atoms with Gasteiger partial charge in [-0.3, -0.25) is 0 Å². The molecule has 0 unspecified atom stereocenters. The Bertz CT molecular complexity index is 465. The maximum Gasteiger partial charge on any atom is 0.137 e. The van der Waals surface area contributed by atoms with Crippen molar-refractivity contribution >= 4 is 18.8 Å². The SMILES string of the molecule is OP1c2ccccc2Oc2ccccc21. The molecule has 2 nitrogen and oxygen atoms in total. The molecule has 1 N–H and O–H groups in total. The second kappa shape index (κ2) is 3.34. The Hall–Kier alpha value is -1.37. The van der Waals surface area contributed by atoms with Gasteiger partial charge in [0, 0.05) is 10.6 Å². The molecule has 0 aliphatic carbocycles. The van der Waals surface area contributed by atoms with Gasteiger partial charge < -0.3 is 9.63 Å². The zero-order chi connectivity index (χ0) is 10.3. The molecule has 0 radical (unpaired) electrons. The summed E-state index contributed by atoms with van der Waals surface area (Å²) < 4.78 is 5.70. The molecule has 0 bridgehead atoms. The highest BCUT2D eigenvalue weighted by atomic mass is 31.1. The molecular formula is C12H9O2P. The van der Waals surface area contributed by atoms with Gasteiger partial charge in [0.15, 0.2) is 0 Å². The lowest BCUT2D eigenvalue weighted by atomic mass is 10.3. The van der Waals surface area contributed by atoms with Crippen LogP contribution in [0.4, 0.5) is 0 Å². The lowest BCUT2D eigenvalue weighted by Gasteiger charge is -2.23. The number of fused-ring (bicyclic) bond motifs is 2. The van der Waals surface area contributed by atoms with E-state index in [1.807, 2.05) is 48.5 Å². The van der Waals surface area contributed by atoms with Gasteiger partial charge in [0.25, 0.3) is 0 Å². The number of ether oxygens (including phenoxy) is 1. The Kier molecular flexibility index (Phi) is 1.98. The van der Waals surface area contributed by atoms with Crippen LogP contribution in [0.15, 0.2) is 48.5 Å². The lowest BCUT2D eigenvalue weighted by Crippen LogP contribution is -2.20. The first-order valence-corrected chi connectivity index (χ1v) is 6.00. The van der Waals surface area contributed by atoms with Gasteiger partial charge in [0.2, 0.25) is 0 Å². The second-order valence-corrected chi connectivity index (χ2v) is 4.94. The molecule has 0 atom stereocenters. The fourth-order valence-electron chi connectivity index (χ4n) is 1.69. The summed E-state index contributed by atoms with van der Waals surface area (Å²) in [6, 6.07) is 15.3. The average Bonchev–Trinajstić information content (AvgIpc) is 2.30. The molecule has 15 heavy (non-hydrogen) atoms. The average molecular weight is 216 g/mol. The molecule has 3 rings (SSSR count). The zero-order valence-electron chi connectivity index (χ0n) is 7.92. The summed E-state index contributed by atoms with van der Waals surface area (Å²) in [4.78, 5) is 10.2. The van der Waals surface area contributed by atoms with Gasteiger partial charge in [-0.15, -0.1) is 0 Å². The molecule has 0 saturated carbocycles. The summed E-state index contributed by atoms with van der Waals surface area (Å²) in [5.74, 6) is 1.54. The van der Waals surface area contributed by atoms with Crippen LogP contribution in [-0.2, 0) is 0 Å². The van der Waals surface area contributed by atoms with E-state index < -0.39 is 8.15 Å². The van der Waals surface area contributed by atoms with Gasteiger partial charge in [0.1, 0.15) is 11.5 Å². The van der Waals surface area contributed by atoms with Crippen molar-refractivity contribution in [3.05, 3.63) is 48.5 Å². The van der Waals surface area contributed by atoms with Crippen molar-refractivity contribution in [2.24, 2.45) is 0 Å². The van der Waals surface area contributed by atoms with Crippen molar-refractivity contribution < 1.29 is 9.63 Å². The first-order valence-electron chi connectivity index (χ1n) is 4.71. The highest BCUT2D eigenvalue weighted by Crippen LogP contribution is 2.41. The van der Waals surface area contributed by atoms with Gasteiger partial charge in [0.05, 0.1) is 8.15 Å². The summed E-state index contributed by atoms with van der Waals surface area (Å²) in [6.45, 7) is 0. The zero-order valence-corrected chi connectivity index (χ0v) is 8.82. The van der Waals surface area contributed by atoms with Crippen molar-refractivity contribution in [3.63, 3.8) is 0 Å².